The van der Waals surface area contributed by atoms with Gasteiger partial charge in [0, 0.05) is 30.9 Å². The first-order valence-electron chi connectivity index (χ1n) is 6.12. The van der Waals surface area contributed by atoms with Crippen LogP contribution in [-0.2, 0) is 16.0 Å². The van der Waals surface area contributed by atoms with Gasteiger partial charge in [-0.25, -0.2) is 0 Å². The third-order valence-electron chi connectivity index (χ3n) is 2.59. The fraction of sp³-hybridized carbons (Fsp3) is 0.462. The molecule has 2 N–H and O–H groups in total. The summed E-state index contributed by atoms with van der Waals surface area (Å²) in [5.74, 6) is -1.17. The minimum Gasteiger partial charge on any atom is -0.347 e. The van der Waals surface area contributed by atoms with Gasteiger partial charge in [0.1, 0.15) is 0 Å². The second-order valence-electron chi connectivity index (χ2n) is 4.11. The lowest BCUT2D eigenvalue weighted by molar-refractivity contribution is -0.139. The van der Waals surface area contributed by atoms with E-state index in [0.29, 0.717) is 13.0 Å². The molecule has 5 nitrogen and oxygen atoms in total. The van der Waals surface area contributed by atoms with E-state index in [4.69, 9.17) is 0 Å². The van der Waals surface area contributed by atoms with E-state index < -0.39 is 11.8 Å². The SMILES string of the molecule is CC[C@H](C)NC(=O)C(=O)NCCc1ccccn1. The molecule has 0 aliphatic carbocycles. The number of nitrogens with zero attached hydrogens (tertiary/aromatic N) is 1. The van der Waals surface area contributed by atoms with Gasteiger partial charge in [0.05, 0.1) is 0 Å². The molecular formula is C13H19N3O2. The second kappa shape index (κ2) is 7.42. The largest absolute Gasteiger partial charge is 0.347 e. The molecule has 18 heavy (non-hydrogen) atoms. The average Bonchev–Trinajstić information content (AvgIpc) is 2.39. The molecule has 0 radical (unpaired) electrons. The first-order chi connectivity index (χ1) is 8.63. The van der Waals surface area contributed by atoms with Gasteiger partial charge in [-0.3, -0.25) is 14.6 Å². The highest BCUT2D eigenvalue weighted by Crippen LogP contribution is 1.93. The summed E-state index contributed by atoms with van der Waals surface area (Å²) in [6.45, 7) is 4.22. The molecule has 1 aromatic rings. The fourth-order valence-electron chi connectivity index (χ4n) is 1.32. The van der Waals surface area contributed by atoms with Crippen molar-refractivity contribution in [1.82, 2.24) is 15.6 Å². The van der Waals surface area contributed by atoms with E-state index >= 15 is 0 Å². The zero-order valence-electron chi connectivity index (χ0n) is 10.8. The summed E-state index contributed by atoms with van der Waals surface area (Å²) in [6, 6.07) is 5.62. The Morgan fingerprint density at radius 2 is 2.11 bits per heavy atom. The molecule has 0 unspecified atom stereocenters. The van der Waals surface area contributed by atoms with Crippen molar-refractivity contribution in [1.29, 1.82) is 0 Å². The predicted molar refractivity (Wildman–Crippen MR) is 68.8 cm³/mol. The van der Waals surface area contributed by atoms with Gasteiger partial charge in [0.25, 0.3) is 0 Å². The van der Waals surface area contributed by atoms with Crippen molar-refractivity contribution in [3.8, 4) is 0 Å². The van der Waals surface area contributed by atoms with Crippen LogP contribution in [0.2, 0.25) is 0 Å². The van der Waals surface area contributed by atoms with E-state index in [1.165, 1.54) is 0 Å². The highest BCUT2D eigenvalue weighted by molar-refractivity contribution is 6.35. The normalized spacial score (nSPS) is 11.7. The van der Waals surface area contributed by atoms with Crippen LogP contribution in [0.5, 0.6) is 0 Å². The molecular weight excluding hydrogens is 230 g/mol. The number of amides is 2. The summed E-state index contributed by atoms with van der Waals surface area (Å²) >= 11 is 0. The van der Waals surface area contributed by atoms with Gasteiger partial charge < -0.3 is 10.6 Å². The Bertz CT molecular complexity index is 392. The fourth-order valence-corrected chi connectivity index (χ4v) is 1.32. The number of aromatic nitrogens is 1. The van der Waals surface area contributed by atoms with Gasteiger partial charge in [-0.05, 0) is 25.5 Å². The lowest BCUT2D eigenvalue weighted by Crippen LogP contribution is -2.43. The molecule has 1 heterocycles. The van der Waals surface area contributed by atoms with Crippen LogP contribution in [0, 0.1) is 0 Å². The molecule has 0 fully saturated rings. The predicted octanol–water partition coefficient (Wildman–Crippen LogP) is 0.655. The monoisotopic (exact) mass is 249 g/mol. The van der Waals surface area contributed by atoms with E-state index in [2.05, 4.69) is 15.6 Å². The first-order valence-corrected chi connectivity index (χ1v) is 6.12. The Labute approximate surface area is 107 Å². The summed E-state index contributed by atoms with van der Waals surface area (Å²) in [5, 5.41) is 5.18. The molecule has 0 saturated carbocycles. The van der Waals surface area contributed by atoms with Crippen molar-refractivity contribution in [2.24, 2.45) is 0 Å². The van der Waals surface area contributed by atoms with Crippen LogP contribution in [0.15, 0.2) is 24.4 Å². The zero-order chi connectivity index (χ0) is 13.4. The molecule has 1 rings (SSSR count). The van der Waals surface area contributed by atoms with Crippen LogP contribution in [0.3, 0.4) is 0 Å². The zero-order valence-corrected chi connectivity index (χ0v) is 10.8. The standard InChI is InChI=1S/C13H19N3O2/c1-3-10(2)16-13(18)12(17)15-9-7-11-6-4-5-8-14-11/h4-6,8,10H,3,7,9H2,1-2H3,(H,15,17)(H,16,18)/t10-/m0/s1. The van der Waals surface area contributed by atoms with Crippen molar-refractivity contribution in [2.75, 3.05) is 6.54 Å². The van der Waals surface area contributed by atoms with E-state index in [1.807, 2.05) is 32.0 Å². The van der Waals surface area contributed by atoms with Crippen molar-refractivity contribution in [2.45, 2.75) is 32.7 Å². The molecule has 0 aromatic carbocycles. The van der Waals surface area contributed by atoms with Crippen LogP contribution >= 0.6 is 0 Å². The molecule has 0 aliphatic rings. The van der Waals surface area contributed by atoms with Crippen LogP contribution in [0.1, 0.15) is 26.0 Å². The molecule has 0 spiro atoms. The van der Waals surface area contributed by atoms with Crippen LogP contribution in [-0.4, -0.2) is 29.4 Å². The Morgan fingerprint density at radius 3 is 2.72 bits per heavy atom. The van der Waals surface area contributed by atoms with E-state index in [-0.39, 0.29) is 6.04 Å². The van der Waals surface area contributed by atoms with E-state index in [0.717, 1.165) is 12.1 Å². The van der Waals surface area contributed by atoms with Crippen molar-refractivity contribution in [3.05, 3.63) is 30.1 Å². The van der Waals surface area contributed by atoms with Crippen molar-refractivity contribution < 1.29 is 9.59 Å². The summed E-state index contributed by atoms with van der Waals surface area (Å²) in [4.78, 5) is 27.0. The maximum absolute atomic E-state index is 11.4. The lowest BCUT2D eigenvalue weighted by Gasteiger charge is -2.11. The Kier molecular flexibility index (Phi) is 5.84. The van der Waals surface area contributed by atoms with Gasteiger partial charge in [0.15, 0.2) is 0 Å². The van der Waals surface area contributed by atoms with Gasteiger partial charge in [0.2, 0.25) is 0 Å². The maximum Gasteiger partial charge on any atom is 0.309 e. The van der Waals surface area contributed by atoms with E-state index in [1.54, 1.807) is 6.20 Å². The third kappa shape index (κ3) is 4.95. The van der Waals surface area contributed by atoms with Gasteiger partial charge >= 0.3 is 11.8 Å². The maximum atomic E-state index is 11.4. The molecule has 1 aromatic heterocycles. The molecule has 2 amide bonds. The van der Waals surface area contributed by atoms with Gasteiger partial charge in [-0.2, -0.15) is 0 Å². The molecule has 0 saturated heterocycles. The second-order valence-corrected chi connectivity index (χ2v) is 4.11. The summed E-state index contributed by atoms with van der Waals surface area (Å²) in [5.41, 5.74) is 0.889. The average molecular weight is 249 g/mol. The number of pyridine rings is 1. The number of nitrogens with one attached hydrogen (secondary N) is 2. The molecule has 0 bridgehead atoms. The molecule has 98 valence electrons. The quantitative estimate of drug-likeness (QED) is 0.753. The van der Waals surface area contributed by atoms with Crippen LogP contribution in [0.4, 0.5) is 0 Å². The topological polar surface area (TPSA) is 71.1 Å². The smallest absolute Gasteiger partial charge is 0.309 e. The Morgan fingerprint density at radius 1 is 1.33 bits per heavy atom. The highest BCUT2D eigenvalue weighted by atomic mass is 16.2. The lowest BCUT2D eigenvalue weighted by atomic mass is 10.2. The van der Waals surface area contributed by atoms with Gasteiger partial charge in [-0.15, -0.1) is 0 Å². The van der Waals surface area contributed by atoms with Crippen molar-refractivity contribution in [3.63, 3.8) is 0 Å². The Hall–Kier alpha value is -1.91. The number of carbonyl (C=O) groups is 2. The first kappa shape index (κ1) is 14.2. The summed E-state index contributed by atoms with van der Waals surface area (Å²) < 4.78 is 0. The number of rotatable bonds is 5. The minimum atomic E-state index is -0.591. The van der Waals surface area contributed by atoms with Crippen LogP contribution < -0.4 is 10.6 Å². The molecule has 1 atom stereocenters. The third-order valence-corrected chi connectivity index (χ3v) is 2.59. The molecule has 0 aliphatic heterocycles. The molecule has 5 heteroatoms. The Balaban J connectivity index is 2.27. The number of carbonyl (C=O) groups excluding carboxylic acids is 2. The summed E-state index contributed by atoms with van der Waals surface area (Å²) in [7, 11) is 0. The number of hydrogen-bond donors (Lipinski definition) is 2. The minimum absolute atomic E-state index is 0.0130. The highest BCUT2D eigenvalue weighted by Gasteiger charge is 2.14. The van der Waals surface area contributed by atoms with E-state index in [9.17, 15) is 9.59 Å². The van der Waals surface area contributed by atoms with Gasteiger partial charge in [-0.1, -0.05) is 13.0 Å². The van der Waals surface area contributed by atoms with Crippen molar-refractivity contribution >= 4 is 11.8 Å². The van der Waals surface area contributed by atoms with Crippen LogP contribution in [0.25, 0.3) is 0 Å². The summed E-state index contributed by atoms with van der Waals surface area (Å²) in [6.07, 6.45) is 3.11. The number of hydrogen-bond acceptors (Lipinski definition) is 3.